The predicted octanol–water partition coefficient (Wildman–Crippen LogP) is 2.10. The number of ether oxygens (including phenoxy) is 7. The summed E-state index contributed by atoms with van der Waals surface area (Å²) in [5.74, 6) is -5.63. The Kier molecular flexibility index (Phi) is 13.5. The van der Waals surface area contributed by atoms with Gasteiger partial charge in [-0.05, 0) is 67.9 Å². The van der Waals surface area contributed by atoms with Gasteiger partial charge >= 0.3 is 5.97 Å². The molecule has 298 valence electrons. The zero-order valence-corrected chi connectivity index (χ0v) is 32.5. The van der Waals surface area contributed by atoms with Gasteiger partial charge in [-0.1, -0.05) is 27.7 Å². The summed E-state index contributed by atoms with van der Waals surface area (Å²) < 4.78 is 67.7. The lowest BCUT2D eigenvalue weighted by Crippen LogP contribution is -2.61. The number of ketones is 1. The number of esters is 1. The first kappa shape index (κ1) is 39.4. The molecule has 3 fully saturated rings. The van der Waals surface area contributed by atoms with Crippen LogP contribution in [-0.4, -0.2) is 138 Å². The number of carbonyl (C=O) groups is 2. The van der Waals surface area contributed by atoms with Crippen molar-refractivity contribution in [2.45, 2.75) is 179 Å². The maximum Gasteiger partial charge on any atom is 0.311 e. The van der Waals surface area contributed by atoms with Crippen LogP contribution in [-0.2, 0) is 42.7 Å². The number of rotatable bonds is 8. The summed E-state index contributed by atoms with van der Waals surface area (Å²) in [6.07, 6.45) is -11.0. The number of methoxy groups -OCH3 is 2. The number of aliphatic hydroxyl groups excluding tert-OH is 3. The fourth-order valence-electron chi connectivity index (χ4n) is 8.28. The molecule has 3 rings (SSSR count). The summed E-state index contributed by atoms with van der Waals surface area (Å²) in [6, 6.07) is -0.458. The van der Waals surface area contributed by atoms with E-state index in [2.05, 4.69) is 5.32 Å². The molecule has 0 saturated carbocycles. The molecule has 5 N–H and O–H groups in total. The molecule has 0 aliphatic carbocycles. The second kappa shape index (κ2) is 17.4. The molecule has 0 amide bonds. The second-order valence-electron chi connectivity index (χ2n) is 15.9. The predicted molar refractivity (Wildman–Crippen MR) is 186 cm³/mol. The van der Waals surface area contributed by atoms with Crippen LogP contribution in [0.4, 0.5) is 0 Å². The first-order chi connectivity index (χ1) is 24.8. The van der Waals surface area contributed by atoms with Gasteiger partial charge in [-0.15, -0.1) is 0 Å². The third kappa shape index (κ3) is 9.33. The van der Waals surface area contributed by atoms with E-state index >= 15 is 0 Å². The molecule has 0 bridgehead atoms. The van der Waals surface area contributed by atoms with Gasteiger partial charge in [-0.3, -0.25) is 9.59 Å². The van der Waals surface area contributed by atoms with Crippen LogP contribution in [0.5, 0.6) is 0 Å². The van der Waals surface area contributed by atoms with E-state index in [0.717, 1.165) is 0 Å². The van der Waals surface area contributed by atoms with E-state index in [1.165, 1.54) is 27.9 Å². The summed E-state index contributed by atoms with van der Waals surface area (Å²) in [5.41, 5.74) is -5.05. The van der Waals surface area contributed by atoms with Crippen molar-refractivity contribution in [1.29, 1.82) is 0 Å². The lowest BCUT2D eigenvalue weighted by atomic mass is 9.74. The summed E-state index contributed by atoms with van der Waals surface area (Å²) in [7, 11) is 0.110. The molecule has 3 saturated heterocycles. The molecule has 51 heavy (non-hydrogen) atoms. The van der Waals surface area contributed by atoms with E-state index in [1.54, 1.807) is 55.5 Å². The fourth-order valence-corrected chi connectivity index (χ4v) is 8.28. The maximum atomic E-state index is 14.2. The van der Waals surface area contributed by atoms with E-state index < -0.39 is 127 Å². The standard InChI is InChI=1S/C37H67NO13/c1-14-25-37(10,44)30(41)20(4)27(39)18(2)16-36(9,46-13)32(51-34-28(40)24(38-11)15-19(3)47-34)21(5)29(22(6)33(43)49-25)50-26-17-35(8,45-12)31(42)23(7)48-26/h18-26,28-32,34,38,40-42,44H,14-17H2,1-13H3/t18-,19-,20+,21+,22-,23+,24+,25-,26+,28-,29+,30-,31+,32-,34+,35-,36-,37-/m1/s1/i13D3. The normalized spacial score (nSPS) is 50.7. The molecule has 0 unspecified atom stereocenters. The van der Waals surface area contributed by atoms with Crippen molar-refractivity contribution in [3.63, 3.8) is 0 Å². The van der Waals surface area contributed by atoms with E-state index in [4.69, 9.17) is 37.3 Å². The highest BCUT2D eigenvalue weighted by Gasteiger charge is 2.54. The van der Waals surface area contributed by atoms with Gasteiger partial charge in [0.25, 0.3) is 0 Å². The Hall–Kier alpha value is -1.30. The average molecular weight is 737 g/mol. The van der Waals surface area contributed by atoms with E-state index in [0.29, 0.717) is 6.42 Å². The number of likely N-dealkylation sites (N-methyl/N-ethyl adjacent to an activating group) is 1. The highest BCUT2D eigenvalue weighted by Crippen LogP contribution is 2.41. The van der Waals surface area contributed by atoms with Crippen LogP contribution >= 0.6 is 0 Å². The van der Waals surface area contributed by atoms with Crippen LogP contribution < -0.4 is 5.32 Å². The summed E-state index contributed by atoms with van der Waals surface area (Å²) in [4.78, 5) is 28.2. The van der Waals surface area contributed by atoms with Gasteiger partial charge < -0.3 is 58.9 Å². The van der Waals surface area contributed by atoms with Crippen molar-refractivity contribution in [2.24, 2.45) is 23.7 Å². The van der Waals surface area contributed by atoms with Gasteiger partial charge in [0.1, 0.15) is 29.7 Å². The Morgan fingerprint density at radius 2 is 1.57 bits per heavy atom. The number of carbonyl (C=O) groups excluding carboxylic acids is 2. The van der Waals surface area contributed by atoms with Gasteiger partial charge in [0, 0.05) is 44.4 Å². The molecule has 3 heterocycles. The Morgan fingerprint density at radius 3 is 2.14 bits per heavy atom. The summed E-state index contributed by atoms with van der Waals surface area (Å²) in [6.45, 7) is 15.8. The van der Waals surface area contributed by atoms with Crippen LogP contribution in [0.25, 0.3) is 0 Å². The summed E-state index contributed by atoms with van der Waals surface area (Å²) >= 11 is 0. The molecule has 18 atom stereocenters. The van der Waals surface area contributed by atoms with Crippen LogP contribution in [0.3, 0.4) is 0 Å². The molecule has 0 spiro atoms. The molecule has 3 aliphatic heterocycles. The number of cyclic esters (lactones) is 1. The minimum atomic E-state index is -3.03. The quantitative estimate of drug-likeness (QED) is 0.228. The molecule has 0 radical (unpaired) electrons. The Balaban J connectivity index is 2.30. The Morgan fingerprint density at radius 1 is 0.922 bits per heavy atom. The second-order valence-corrected chi connectivity index (χ2v) is 15.9. The first-order valence-corrected chi connectivity index (χ1v) is 18.3. The van der Waals surface area contributed by atoms with Crippen LogP contribution in [0.2, 0.25) is 0 Å². The maximum absolute atomic E-state index is 14.2. The monoisotopic (exact) mass is 736 g/mol. The smallest absolute Gasteiger partial charge is 0.311 e. The molecular formula is C37H67NO13. The Bertz CT molecular complexity index is 1260. The van der Waals surface area contributed by atoms with Crippen molar-refractivity contribution in [1.82, 2.24) is 5.32 Å². The van der Waals surface area contributed by atoms with Crippen LogP contribution in [0.1, 0.15) is 99.0 Å². The highest BCUT2D eigenvalue weighted by molar-refractivity contribution is 5.83. The van der Waals surface area contributed by atoms with Gasteiger partial charge in [-0.2, -0.15) is 0 Å². The molecule has 14 heteroatoms. The molecule has 0 aromatic rings. The minimum Gasteiger partial charge on any atom is -0.459 e. The number of hydrogen-bond donors (Lipinski definition) is 5. The van der Waals surface area contributed by atoms with Crippen molar-refractivity contribution in [2.75, 3.05) is 21.2 Å². The van der Waals surface area contributed by atoms with Gasteiger partial charge in [0.05, 0.1) is 51.8 Å². The van der Waals surface area contributed by atoms with Crippen LogP contribution in [0.15, 0.2) is 0 Å². The molecule has 0 aromatic heterocycles. The molecule has 3 aliphatic rings. The number of hydrogen-bond acceptors (Lipinski definition) is 14. The fraction of sp³-hybridized carbons (Fsp3) is 0.946. The van der Waals surface area contributed by atoms with Crippen molar-refractivity contribution < 1.29 is 67.3 Å². The van der Waals surface area contributed by atoms with E-state index in [1.807, 2.05) is 0 Å². The van der Waals surface area contributed by atoms with Gasteiger partial charge in [0.15, 0.2) is 12.6 Å². The van der Waals surface area contributed by atoms with Crippen LogP contribution in [0, 0.1) is 23.7 Å². The topological polar surface area (TPSA) is 192 Å². The van der Waals surface area contributed by atoms with Crippen molar-refractivity contribution >= 4 is 11.8 Å². The number of nitrogens with one attached hydrogen (secondary N) is 1. The molecular weight excluding hydrogens is 666 g/mol. The number of Topliss-reactive ketones (excluding diaryl/α,β-unsaturated/α-hetero) is 1. The minimum absolute atomic E-state index is 0.0300. The zero-order chi connectivity index (χ0) is 41.3. The SMILES string of the molecule is [2H]C([2H])([2H])O[C@]1(C)C[C@@H](C)C(=O)[C@H](C)[C@@H](O)[C@](C)(O)[C@@H](CC)OC(=O)[C@H](C)[C@@H](O[C@H]2C[C@@](C)(OC)[C@@H](O)[C@H](C)O2)[C@H](C)[C@H]1O[C@@H]1O[C@H](C)C[C@H](NC)[C@H]1O. The Labute approximate surface area is 308 Å². The average Bonchev–Trinajstić information content (AvgIpc) is 3.08. The first-order valence-electron chi connectivity index (χ1n) is 19.8. The highest BCUT2D eigenvalue weighted by atomic mass is 16.7. The number of aliphatic hydroxyl groups is 4. The lowest BCUT2D eigenvalue weighted by molar-refractivity contribution is -0.317. The van der Waals surface area contributed by atoms with Gasteiger partial charge in [-0.25, -0.2) is 0 Å². The third-order valence-electron chi connectivity index (χ3n) is 11.8. The lowest BCUT2D eigenvalue weighted by Gasteiger charge is -2.49. The third-order valence-corrected chi connectivity index (χ3v) is 11.8. The molecule has 14 nitrogen and oxygen atoms in total. The van der Waals surface area contributed by atoms with E-state index in [9.17, 15) is 30.0 Å². The largest absolute Gasteiger partial charge is 0.459 e. The van der Waals surface area contributed by atoms with Crippen molar-refractivity contribution in [3.05, 3.63) is 0 Å². The van der Waals surface area contributed by atoms with Crippen molar-refractivity contribution in [3.8, 4) is 0 Å². The van der Waals surface area contributed by atoms with Gasteiger partial charge in [0.2, 0.25) is 0 Å². The van der Waals surface area contributed by atoms with E-state index in [-0.39, 0.29) is 19.3 Å². The summed E-state index contributed by atoms with van der Waals surface area (Å²) in [5, 5.41) is 48.5. The molecule has 0 aromatic carbocycles. The zero-order valence-electron chi connectivity index (χ0n) is 35.5.